The van der Waals surface area contributed by atoms with Gasteiger partial charge in [-0.1, -0.05) is 30.3 Å². The molecular formula is C30H32N6O3S. The van der Waals surface area contributed by atoms with Crippen LogP contribution in [0.2, 0.25) is 0 Å². The second kappa shape index (κ2) is 10.6. The molecular weight excluding hydrogens is 524 g/mol. The molecule has 2 fully saturated rings. The number of nitrogens with two attached hydrogens (primary N) is 1. The van der Waals surface area contributed by atoms with Crippen molar-refractivity contribution < 1.29 is 14.0 Å². The predicted octanol–water partition coefficient (Wildman–Crippen LogP) is 5.02. The third kappa shape index (κ3) is 5.16. The molecule has 2 saturated heterocycles. The van der Waals surface area contributed by atoms with Crippen molar-refractivity contribution in [3.63, 3.8) is 0 Å². The van der Waals surface area contributed by atoms with Crippen molar-refractivity contribution in [3.8, 4) is 11.5 Å². The van der Waals surface area contributed by atoms with E-state index in [1.807, 2.05) is 60.5 Å². The van der Waals surface area contributed by atoms with Crippen molar-refractivity contribution >= 4 is 28.8 Å². The summed E-state index contributed by atoms with van der Waals surface area (Å²) in [5, 5.41) is 11.6. The van der Waals surface area contributed by atoms with Crippen LogP contribution in [0, 0.1) is 6.92 Å². The number of carbonyl (C=O) groups is 2. The van der Waals surface area contributed by atoms with Crippen LogP contribution in [0.3, 0.4) is 0 Å². The van der Waals surface area contributed by atoms with E-state index in [2.05, 4.69) is 15.2 Å². The van der Waals surface area contributed by atoms with E-state index in [-0.39, 0.29) is 23.7 Å². The summed E-state index contributed by atoms with van der Waals surface area (Å²) in [6, 6.07) is 15.3. The maximum Gasteiger partial charge on any atom is 0.254 e. The summed E-state index contributed by atoms with van der Waals surface area (Å²) in [6.07, 6.45) is 3.57. The molecule has 2 N–H and O–H groups in total. The van der Waals surface area contributed by atoms with Crippen LogP contribution in [-0.4, -0.2) is 45.0 Å². The quantitative estimate of drug-likeness (QED) is 0.339. The Morgan fingerprint density at radius 2 is 1.98 bits per heavy atom. The highest BCUT2D eigenvalue weighted by Gasteiger charge is 2.34. The number of amides is 2. The minimum Gasteiger partial charge on any atom is -0.419 e. The van der Waals surface area contributed by atoms with Crippen molar-refractivity contribution in [1.29, 1.82) is 0 Å². The van der Waals surface area contributed by atoms with Crippen molar-refractivity contribution in [1.82, 2.24) is 20.1 Å². The van der Waals surface area contributed by atoms with Gasteiger partial charge in [0, 0.05) is 47.4 Å². The first-order chi connectivity index (χ1) is 19.3. The summed E-state index contributed by atoms with van der Waals surface area (Å²) in [5.74, 6) is 0.505. The second-order valence-electron chi connectivity index (χ2n) is 10.9. The number of likely N-dealkylation sites (tertiary alicyclic amines) is 1. The minimum absolute atomic E-state index is 0.0384. The average molecular weight is 557 g/mol. The molecule has 2 amide bonds. The number of thiazole rings is 1. The van der Waals surface area contributed by atoms with Crippen LogP contribution >= 0.6 is 11.3 Å². The lowest BCUT2D eigenvalue weighted by Crippen LogP contribution is -2.35. The van der Waals surface area contributed by atoms with Crippen molar-refractivity contribution in [2.24, 2.45) is 5.73 Å². The predicted molar refractivity (Wildman–Crippen MR) is 153 cm³/mol. The van der Waals surface area contributed by atoms with Crippen LogP contribution < -0.4 is 10.6 Å². The summed E-state index contributed by atoms with van der Waals surface area (Å²) in [7, 11) is 0. The number of hydrogen-bond acceptors (Lipinski definition) is 8. The molecule has 0 radical (unpaired) electrons. The third-order valence-corrected chi connectivity index (χ3v) is 8.62. The standard InChI is InChI=1S/C30H32N6O3S/c1-19-18-40-27(32-19)24-10-6-13-36(24)28(38)22-14-21(15-23(16-22)35-12-7-11-25(35)37)26-33-34-29(39-26)30(2,31)17-20-8-4-3-5-9-20/h3-5,8-9,14-16,18,24H,6-7,10-13,17,31H2,1-2H3. The first-order valence-electron chi connectivity index (χ1n) is 13.6. The topological polar surface area (TPSA) is 118 Å². The first kappa shape index (κ1) is 26.3. The monoisotopic (exact) mass is 556 g/mol. The SMILES string of the molecule is Cc1csc(C2CCCN2C(=O)c2cc(-c3nnc(C(C)(N)Cc4ccccc4)o3)cc(N3CCCC3=O)c2)n1. The molecule has 0 spiro atoms. The summed E-state index contributed by atoms with van der Waals surface area (Å²) in [4.78, 5) is 34.9. The molecule has 2 aromatic heterocycles. The van der Waals surface area contributed by atoms with Gasteiger partial charge in [0.1, 0.15) is 5.01 Å². The van der Waals surface area contributed by atoms with Crippen molar-refractivity contribution in [2.75, 3.05) is 18.0 Å². The maximum atomic E-state index is 14.0. The third-order valence-electron chi connectivity index (χ3n) is 7.56. The Morgan fingerprint density at radius 1 is 1.15 bits per heavy atom. The highest BCUT2D eigenvalue weighted by molar-refractivity contribution is 7.09. The molecule has 10 heteroatoms. The largest absolute Gasteiger partial charge is 0.419 e. The average Bonchev–Trinajstić information content (AvgIpc) is 3.75. The van der Waals surface area contributed by atoms with Gasteiger partial charge in [-0.2, -0.15) is 0 Å². The zero-order chi connectivity index (χ0) is 27.9. The lowest BCUT2D eigenvalue weighted by Gasteiger charge is -2.24. The van der Waals surface area contributed by atoms with E-state index in [4.69, 9.17) is 10.2 Å². The normalized spacial score (nSPS) is 18.9. The molecule has 40 heavy (non-hydrogen) atoms. The molecule has 2 aliphatic heterocycles. The summed E-state index contributed by atoms with van der Waals surface area (Å²) < 4.78 is 6.12. The zero-order valence-corrected chi connectivity index (χ0v) is 23.5. The molecule has 2 aromatic carbocycles. The van der Waals surface area contributed by atoms with Crippen LogP contribution in [0.15, 0.2) is 58.3 Å². The zero-order valence-electron chi connectivity index (χ0n) is 22.7. The van der Waals surface area contributed by atoms with Crippen molar-refractivity contribution in [3.05, 3.63) is 81.6 Å². The van der Waals surface area contributed by atoms with Gasteiger partial charge in [-0.05, 0) is 63.3 Å². The van der Waals surface area contributed by atoms with Gasteiger partial charge in [0.25, 0.3) is 5.91 Å². The number of benzene rings is 2. The smallest absolute Gasteiger partial charge is 0.254 e. The lowest BCUT2D eigenvalue weighted by molar-refractivity contribution is -0.117. The fourth-order valence-corrected chi connectivity index (χ4v) is 6.50. The van der Waals surface area contributed by atoms with E-state index in [0.717, 1.165) is 35.5 Å². The summed E-state index contributed by atoms with van der Waals surface area (Å²) >= 11 is 1.59. The van der Waals surface area contributed by atoms with E-state index in [1.165, 1.54) is 0 Å². The summed E-state index contributed by atoms with van der Waals surface area (Å²) in [5.41, 5.74) is 9.48. The number of hydrogen-bond donors (Lipinski definition) is 1. The number of aromatic nitrogens is 3. The second-order valence-corrected chi connectivity index (χ2v) is 11.8. The highest BCUT2D eigenvalue weighted by Crippen LogP contribution is 2.37. The van der Waals surface area contributed by atoms with E-state index in [1.54, 1.807) is 28.4 Å². The molecule has 6 rings (SSSR count). The Morgan fingerprint density at radius 3 is 2.70 bits per heavy atom. The van der Waals surface area contributed by atoms with Crippen LogP contribution in [-0.2, 0) is 16.8 Å². The minimum atomic E-state index is -0.887. The van der Waals surface area contributed by atoms with Gasteiger partial charge < -0.3 is 20.0 Å². The van der Waals surface area contributed by atoms with Crippen LogP contribution in [0.25, 0.3) is 11.5 Å². The van der Waals surface area contributed by atoms with Gasteiger partial charge in [0.2, 0.25) is 17.7 Å². The Kier molecular flexibility index (Phi) is 6.97. The fourth-order valence-electron chi connectivity index (χ4n) is 5.56. The molecule has 0 saturated carbocycles. The van der Waals surface area contributed by atoms with E-state index in [0.29, 0.717) is 48.6 Å². The number of nitrogens with zero attached hydrogens (tertiary/aromatic N) is 5. The van der Waals surface area contributed by atoms with E-state index in [9.17, 15) is 9.59 Å². The number of aryl methyl sites for hydroxylation is 1. The molecule has 2 aliphatic rings. The molecule has 9 nitrogen and oxygen atoms in total. The fraction of sp³-hybridized carbons (Fsp3) is 0.367. The van der Waals surface area contributed by atoms with Gasteiger partial charge in [-0.15, -0.1) is 21.5 Å². The van der Waals surface area contributed by atoms with E-state index < -0.39 is 5.54 Å². The Hall–Kier alpha value is -3.89. The van der Waals surface area contributed by atoms with Crippen LogP contribution in [0.1, 0.15) is 71.2 Å². The lowest BCUT2D eigenvalue weighted by atomic mass is 9.94. The van der Waals surface area contributed by atoms with E-state index >= 15 is 0 Å². The van der Waals surface area contributed by atoms with Crippen LogP contribution in [0.4, 0.5) is 5.69 Å². The van der Waals surface area contributed by atoms with Gasteiger partial charge in [0.15, 0.2) is 0 Å². The highest BCUT2D eigenvalue weighted by atomic mass is 32.1. The first-order valence-corrected chi connectivity index (χ1v) is 14.5. The van der Waals surface area contributed by atoms with Crippen LogP contribution in [0.5, 0.6) is 0 Å². The Balaban J connectivity index is 1.35. The molecule has 206 valence electrons. The number of anilines is 1. The Bertz CT molecular complexity index is 1550. The molecule has 2 atom stereocenters. The molecule has 0 aliphatic carbocycles. The molecule has 4 aromatic rings. The van der Waals surface area contributed by atoms with Crippen molar-refractivity contribution in [2.45, 2.75) is 57.5 Å². The van der Waals surface area contributed by atoms with Gasteiger partial charge in [0.05, 0.1) is 11.6 Å². The summed E-state index contributed by atoms with van der Waals surface area (Å²) in [6.45, 7) is 5.09. The molecule has 0 bridgehead atoms. The molecule has 2 unspecified atom stereocenters. The van der Waals surface area contributed by atoms with Gasteiger partial charge in [-0.25, -0.2) is 4.98 Å². The Labute approximate surface area is 237 Å². The maximum absolute atomic E-state index is 14.0. The number of rotatable bonds is 7. The molecule has 4 heterocycles. The van der Waals surface area contributed by atoms with Gasteiger partial charge in [-0.3, -0.25) is 9.59 Å². The number of carbonyl (C=O) groups excluding carboxylic acids is 2. The van der Waals surface area contributed by atoms with Gasteiger partial charge >= 0.3 is 0 Å².